The Balaban J connectivity index is 1.71. The van der Waals surface area contributed by atoms with Gasteiger partial charge in [-0.1, -0.05) is 57.1 Å². The molecule has 4 aliphatic rings. The number of aliphatic hydroxyl groups is 5. The van der Waals surface area contributed by atoms with Crippen LogP contribution in [0.15, 0.2) is 12.2 Å². The molecule has 2 saturated heterocycles. The fourth-order valence-electron chi connectivity index (χ4n) is 5.93. The van der Waals surface area contributed by atoms with E-state index in [9.17, 15) is 25.5 Å². The van der Waals surface area contributed by atoms with E-state index in [4.69, 9.17) is 28.4 Å². The number of hydrogen-bond acceptors (Lipinski definition) is 11. The number of rotatable bonds is 4. The van der Waals surface area contributed by atoms with Gasteiger partial charge in [-0.2, -0.15) is 0 Å². The molecule has 4 heterocycles. The summed E-state index contributed by atoms with van der Waals surface area (Å²) in [5.41, 5.74) is 0. The molecule has 252 valence electrons. The summed E-state index contributed by atoms with van der Waals surface area (Å²) in [5.74, 6) is 0. The Labute approximate surface area is 257 Å². The molecule has 4 aliphatic heterocycles. The van der Waals surface area contributed by atoms with Crippen molar-refractivity contribution in [1.82, 2.24) is 0 Å². The first-order valence-corrected chi connectivity index (χ1v) is 16.7. The van der Waals surface area contributed by atoms with E-state index < -0.39 is 68.0 Å². The van der Waals surface area contributed by atoms with Crippen LogP contribution in [0, 0.1) is 0 Å². The second kappa shape index (κ2) is 20.4. The molecular formula is C32H58O11. The quantitative estimate of drug-likeness (QED) is 0.295. The van der Waals surface area contributed by atoms with E-state index in [2.05, 4.69) is 12.2 Å². The minimum absolute atomic E-state index is 0.0526. The molecule has 0 spiro atoms. The Morgan fingerprint density at radius 3 is 1.93 bits per heavy atom. The van der Waals surface area contributed by atoms with Crippen molar-refractivity contribution >= 4 is 0 Å². The van der Waals surface area contributed by atoms with Gasteiger partial charge in [0.15, 0.2) is 12.6 Å². The second-order valence-electron chi connectivity index (χ2n) is 12.1. The third-order valence-electron chi connectivity index (χ3n) is 8.58. The lowest BCUT2D eigenvalue weighted by Crippen LogP contribution is -2.65. The lowest BCUT2D eigenvalue weighted by atomic mass is 9.97. The first kappa shape index (κ1) is 36.8. The van der Waals surface area contributed by atoms with Crippen LogP contribution in [0.3, 0.4) is 0 Å². The van der Waals surface area contributed by atoms with Crippen molar-refractivity contribution in [1.29, 1.82) is 0 Å². The molecule has 0 saturated carbocycles. The number of aliphatic hydroxyl groups excluding tert-OH is 5. The molecule has 0 amide bonds. The number of allylic oxidation sites excluding steroid dienone is 2. The minimum atomic E-state index is -1.54. The molecular weight excluding hydrogens is 560 g/mol. The molecule has 2 bridgehead atoms. The fourth-order valence-corrected chi connectivity index (χ4v) is 5.93. The Morgan fingerprint density at radius 1 is 0.651 bits per heavy atom. The van der Waals surface area contributed by atoms with Gasteiger partial charge in [0.05, 0.1) is 19.3 Å². The lowest BCUT2D eigenvalue weighted by Gasteiger charge is -2.47. The topological polar surface area (TPSA) is 157 Å². The van der Waals surface area contributed by atoms with E-state index in [1.165, 1.54) is 19.3 Å². The summed E-state index contributed by atoms with van der Waals surface area (Å²) >= 11 is 0. The summed E-state index contributed by atoms with van der Waals surface area (Å²) in [6.07, 6.45) is 5.84. The molecule has 11 heteroatoms. The first-order valence-electron chi connectivity index (χ1n) is 16.7. The predicted octanol–water partition coefficient (Wildman–Crippen LogP) is 2.73. The van der Waals surface area contributed by atoms with Crippen LogP contribution in [0.1, 0.15) is 97.3 Å². The largest absolute Gasteiger partial charge is 0.394 e. The highest BCUT2D eigenvalue weighted by atomic mass is 16.8. The molecule has 0 aliphatic carbocycles. The highest BCUT2D eigenvalue weighted by Gasteiger charge is 2.51. The van der Waals surface area contributed by atoms with Crippen molar-refractivity contribution in [2.24, 2.45) is 0 Å². The van der Waals surface area contributed by atoms with Gasteiger partial charge < -0.3 is 54.0 Å². The smallest absolute Gasteiger partial charge is 0.187 e. The van der Waals surface area contributed by atoms with Crippen LogP contribution < -0.4 is 0 Å². The summed E-state index contributed by atoms with van der Waals surface area (Å²) in [7, 11) is 0. The Kier molecular flexibility index (Phi) is 17.5. The molecule has 43 heavy (non-hydrogen) atoms. The van der Waals surface area contributed by atoms with Gasteiger partial charge >= 0.3 is 0 Å². The SMILES string of the molecule is CCOCC1OC2OC(C)CCCCCC/C=C\CCCCCCCCOC3C(CO)OC(OC2C(O)C1O)C(O)C3O. The lowest BCUT2D eigenvalue weighted by molar-refractivity contribution is -0.373. The predicted molar refractivity (Wildman–Crippen MR) is 159 cm³/mol. The molecule has 11 atom stereocenters. The highest BCUT2D eigenvalue weighted by molar-refractivity contribution is 4.94. The standard InChI is InChI=1S/C32H58O11/c1-3-38-21-24-25(34)26(35)30-32(42-24)40-22(2)18-16-14-12-10-8-6-4-5-7-9-11-13-15-17-19-39-29-23(20-33)41-31(43-30)28(37)27(29)36/h4,6,22-37H,3,5,7-21H2,1-2H3/b6-4-. The van der Waals surface area contributed by atoms with Gasteiger partial charge in [-0.3, -0.25) is 0 Å². The van der Waals surface area contributed by atoms with Gasteiger partial charge in [0.1, 0.15) is 48.8 Å². The van der Waals surface area contributed by atoms with Gasteiger partial charge in [-0.05, 0) is 52.4 Å². The van der Waals surface area contributed by atoms with Crippen LogP contribution in [-0.4, -0.2) is 119 Å². The van der Waals surface area contributed by atoms with E-state index in [-0.39, 0.29) is 12.7 Å². The number of hydrogen-bond donors (Lipinski definition) is 5. The third-order valence-corrected chi connectivity index (χ3v) is 8.58. The van der Waals surface area contributed by atoms with Crippen LogP contribution in [0.25, 0.3) is 0 Å². The van der Waals surface area contributed by atoms with Crippen molar-refractivity contribution in [2.45, 2.75) is 165 Å². The van der Waals surface area contributed by atoms with Gasteiger partial charge in [-0.25, -0.2) is 0 Å². The number of ether oxygens (including phenoxy) is 6. The first-order chi connectivity index (χ1) is 20.9. The van der Waals surface area contributed by atoms with Crippen molar-refractivity contribution in [3.63, 3.8) is 0 Å². The van der Waals surface area contributed by atoms with Crippen LogP contribution in [-0.2, 0) is 28.4 Å². The van der Waals surface area contributed by atoms with Crippen LogP contribution in [0.5, 0.6) is 0 Å². The van der Waals surface area contributed by atoms with E-state index in [1.807, 2.05) is 13.8 Å². The zero-order chi connectivity index (χ0) is 31.0. The maximum Gasteiger partial charge on any atom is 0.187 e. The maximum absolute atomic E-state index is 11.1. The maximum atomic E-state index is 11.1. The van der Waals surface area contributed by atoms with Gasteiger partial charge in [0.2, 0.25) is 0 Å². The van der Waals surface area contributed by atoms with E-state index in [0.717, 1.165) is 64.2 Å². The molecule has 4 rings (SSSR count). The molecule has 0 aromatic carbocycles. The average molecular weight is 619 g/mol. The van der Waals surface area contributed by atoms with Crippen LogP contribution >= 0.6 is 0 Å². The zero-order valence-corrected chi connectivity index (χ0v) is 26.2. The minimum Gasteiger partial charge on any atom is -0.394 e. The van der Waals surface area contributed by atoms with Crippen molar-refractivity contribution in [3.8, 4) is 0 Å². The molecule has 5 N–H and O–H groups in total. The van der Waals surface area contributed by atoms with Crippen LogP contribution in [0.4, 0.5) is 0 Å². The highest BCUT2D eigenvalue weighted by Crippen LogP contribution is 2.31. The Bertz CT molecular complexity index is 753. The Hall–Kier alpha value is -0.700. The number of fused-ring (bicyclic) bond motifs is 19. The molecule has 11 nitrogen and oxygen atoms in total. The molecule has 2 fully saturated rings. The van der Waals surface area contributed by atoms with Crippen molar-refractivity contribution in [2.75, 3.05) is 26.4 Å². The zero-order valence-electron chi connectivity index (χ0n) is 26.2. The van der Waals surface area contributed by atoms with Crippen LogP contribution in [0.2, 0.25) is 0 Å². The van der Waals surface area contributed by atoms with Crippen molar-refractivity contribution < 1.29 is 54.0 Å². The fraction of sp³-hybridized carbons (Fsp3) is 0.938. The summed E-state index contributed by atoms with van der Waals surface area (Å²) in [4.78, 5) is 0. The summed E-state index contributed by atoms with van der Waals surface area (Å²) in [5, 5.41) is 53.8. The monoisotopic (exact) mass is 618 g/mol. The average Bonchev–Trinajstić information content (AvgIpc) is 3.00. The van der Waals surface area contributed by atoms with E-state index in [1.54, 1.807) is 0 Å². The molecule has 11 unspecified atom stereocenters. The third kappa shape index (κ3) is 11.9. The van der Waals surface area contributed by atoms with Crippen molar-refractivity contribution in [3.05, 3.63) is 12.2 Å². The Morgan fingerprint density at radius 2 is 1.26 bits per heavy atom. The van der Waals surface area contributed by atoms with Gasteiger partial charge in [0, 0.05) is 13.2 Å². The normalized spacial score (nSPS) is 41.3. The molecule has 0 radical (unpaired) electrons. The summed E-state index contributed by atoms with van der Waals surface area (Å²) in [6, 6.07) is 0. The van der Waals surface area contributed by atoms with E-state index in [0.29, 0.717) is 13.2 Å². The second-order valence-corrected chi connectivity index (χ2v) is 12.1. The van der Waals surface area contributed by atoms with E-state index >= 15 is 0 Å². The molecule has 0 aromatic heterocycles. The van der Waals surface area contributed by atoms with Gasteiger partial charge in [-0.15, -0.1) is 0 Å². The van der Waals surface area contributed by atoms with Gasteiger partial charge in [0.25, 0.3) is 0 Å². The summed E-state index contributed by atoms with van der Waals surface area (Å²) in [6.45, 7) is 4.10. The molecule has 0 aromatic rings. The summed E-state index contributed by atoms with van der Waals surface area (Å²) < 4.78 is 35.4.